The lowest BCUT2D eigenvalue weighted by Crippen LogP contribution is -2.03. The molecule has 88 valence electrons. The zero-order valence-corrected chi connectivity index (χ0v) is 10.5. The van der Waals surface area contributed by atoms with Gasteiger partial charge in [-0.05, 0) is 22.8 Å². The van der Waals surface area contributed by atoms with Crippen molar-refractivity contribution in [2.75, 3.05) is 0 Å². The summed E-state index contributed by atoms with van der Waals surface area (Å²) >= 11 is 0. The minimum Gasteiger partial charge on any atom is -0.294 e. The second kappa shape index (κ2) is 5.13. The summed E-state index contributed by atoms with van der Waals surface area (Å²) < 4.78 is 0. The molecule has 0 fully saturated rings. The largest absolute Gasteiger partial charge is 0.294 e. The number of ketones is 1. The van der Waals surface area contributed by atoms with Crippen LogP contribution in [0.4, 0.5) is 0 Å². The van der Waals surface area contributed by atoms with Crippen molar-refractivity contribution >= 4 is 16.6 Å². The average molecular weight is 226 g/mol. The van der Waals surface area contributed by atoms with Crippen LogP contribution in [-0.2, 0) is 6.42 Å². The highest BCUT2D eigenvalue weighted by atomic mass is 16.1. The monoisotopic (exact) mass is 226 g/mol. The van der Waals surface area contributed by atoms with Gasteiger partial charge in [0.1, 0.15) is 0 Å². The van der Waals surface area contributed by atoms with Crippen LogP contribution >= 0.6 is 0 Å². The number of Topliss-reactive ketones (excluding diaryl/α,β-unsaturated/α-hetero) is 1. The first-order chi connectivity index (χ1) is 8.27. The van der Waals surface area contributed by atoms with E-state index in [4.69, 9.17) is 0 Å². The van der Waals surface area contributed by atoms with Crippen LogP contribution in [0.25, 0.3) is 10.8 Å². The molecule has 0 N–H and O–H groups in total. The van der Waals surface area contributed by atoms with E-state index in [0.29, 0.717) is 6.42 Å². The zero-order chi connectivity index (χ0) is 12.3. The van der Waals surface area contributed by atoms with Crippen LogP contribution in [0.3, 0.4) is 0 Å². The molecule has 1 nitrogen and oxygen atoms in total. The predicted molar refractivity (Wildman–Crippen MR) is 72.6 cm³/mol. The predicted octanol–water partition coefficient (Wildman–Crippen LogP) is 4.39. The quantitative estimate of drug-likeness (QED) is 0.707. The fraction of sp³-hybridized carbons (Fsp3) is 0.312. The number of hydrogen-bond donors (Lipinski definition) is 0. The van der Waals surface area contributed by atoms with Gasteiger partial charge in [-0.25, -0.2) is 0 Å². The SMILES string of the molecule is CCCc1ccc2ccccc2c1C(=O)CC. The third-order valence-electron chi connectivity index (χ3n) is 3.13. The Bertz CT molecular complexity index is 540. The summed E-state index contributed by atoms with van der Waals surface area (Å²) in [6.07, 6.45) is 2.62. The molecule has 0 bridgehead atoms. The molecule has 0 atom stereocenters. The molecule has 17 heavy (non-hydrogen) atoms. The fourth-order valence-electron chi connectivity index (χ4n) is 2.30. The number of benzene rings is 2. The summed E-state index contributed by atoms with van der Waals surface area (Å²) in [5.74, 6) is 0.255. The molecule has 0 aromatic heterocycles. The van der Waals surface area contributed by atoms with Gasteiger partial charge in [-0.1, -0.05) is 56.7 Å². The summed E-state index contributed by atoms with van der Waals surface area (Å²) in [6, 6.07) is 12.4. The fourth-order valence-corrected chi connectivity index (χ4v) is 2.30. The molecule has 0 radical (unpaired) electrons. The Morgan fingerprint density at radius 3 is 2.53 bits per heavy atom. The van der Waals surface area contributed by atoms with Crippen LogP contribution in [0.1, 0.15) is 42.6 Å². The van der Waals surface area contributed by atoms with E-state index in [1.165, 1.54) is 5.56 Å². The first-order valence-electron chi connectivity index (χ1n) is 6.31. The smallest absolute Gasteiger partial charge is 0.163 e. The van der Waals surface area contributed by atoms with Gasteiger partial charge in [-0.3, -0.25) is 4.79 Å². The Morgan fingerprint density at radius 2 is 1.82 bits per heavy atom. The van der Waals surface area contributed by atoms with Gasteiger partial charge in [0.25, 0.3) is 0 Å². The van der Waals surface area contributed by atoms with E-state index in [9.17, 15) is 4.79 Å². The lowest BCUT2D eigenvalue weighted by Gasteiger charge is -2.11. The first-order valence-corrected chi connectivity index (χ1v) is 6.31. The molecule has 2 rings (SSSR count). The lowest BCUT2D eigenvalue weighted by molar-refractivity contribution is 0.0989. The van der Waals surface area contributed by atoms with E-state index < -0.39 is 0 Å². The standard InChI is InChI=1S/C16H18O/c1-3-7-13-11-10-12-8-5-6-9-14(12)16(13)15(17)4-2/h5-6,8-11H,3-4,7H2,1-2H3. The summed E-state index contributed by atoms with van der Waals surface area (Å²) in [5.41, 5.74) is 2.13. The number of carbonyl (C=O) groups excluding carboxylic acids is 1. The Balaban J connectivity index is 2.70. The summed E-state index contributed by atoms with van der Waals surface area (Å²) in [6.45, 7) is 4.08. The van der Waals surface area contributed by atoms with Gasteiger partial charge in [-0.2, -0.15) is 0 Å². The molecule has 2 aromatic rings. The number of fused-ring (bicyclic) bond motifs is 1. The van der Waals surface area contributed by atoms with E-state index in [1.54, 1.807) is 0 Å². The van der Waals surface area contributed by atoms with Crippen LogP contribution in [0.15, 0.2) is 36.4 Å². The van der Waals surface area contributed by atoms with Gasteiger partial charge in [0.05, 0.1) is 0 Å². The molecule has 0 amide bonds. The van der Waals surface area contributed by atoms with Gasteiger partial charge in [0, 0.05) is 12.0 Å². The molecule has 0 heterocycles. The van der Waals surface area contributed by atoms with Crippen LogP contribution in [0.5, 0.6) is 0 Å². The summed E-state index contributed by atoms with van der Waals surface area (Å²) in [4.78, 5) is 12.1. The van der Waals surface area contributed by atoms with Crippen LogP contribution < -0.4 is 0 Å². The molecule has 0 aliphatic rings. The van der Waals surface area contributed by atoms with Crippen molar-refractivity contribution in [3.05, 3.63) is 47.5 Å². The van der Waals surface area contributed by atoms with Crippen molar-refractivity contribution in [1.29, 1.82) is 0 Å². The van der Waals surface area contributed by atoms with Gasteiger partial charge in [-0.15, -0.1) is 0 Å². The normalized spacial score (nSPS) is 10.7. The molecule has 0 saturated carbocycles. The molecule has 0 unspecified atom stereocenters. The molecule has 0 saturated heterocycles. The first kappa shape index (κ1) is 11.8. The molecular weight excluding hydrogens is 208 g/mol. The average Bonchev–Trinajstić information content (AvgIpc) is 2.38. The van der Waals surface area contributed by atoms with Crippen LogP contribution in [-0.4, -0.2) is 5.78 Å². The lowest BCUT2D eigenvalue weighted by atomic mass is 9.93. The topological polar surface area (TPSA) is 17.1 Å². The molecule has 1 heteroatoms. The number of hydrogen-bond acceptors (Lipinski definition) is 1. The Morgan fingerprint density at radius 1 is 1.06 bits per heavy atom. The maximum Gasteiger partial charge on any atom is 0.163 e. The number of aryl methyl sites for hydroxylation is 1. The minimum absolute atomic E-state index is 0.255. The Hall–Kier alpha value is -1.63. The highest BCUT2D eigenvalue weighted by Crippen LogP contribution is 2.24. The maximum atomic E-state index is 12.1. The van der Waals surface area contributed by atoms with Crippen molar-refractivity contribution < 1.29 is 4.79 Å². The Kier molecular flexibility index (Phi) is 3.58. The van der Waals surface area contributed by atoms with Crippen molar-refractivity contribution in [1.82, 2.24) is 0 Å². The number of carbonyl (C=O) groups is 1. The molecule has 0 aliphatic carbocycles. The Labute approximate surface area is 102 Å². The molecule has 2 aromatic carbocycles. The third-order valence-corrected chi connectivity index (χ3v) is 3.13. The summed E-state index contributed by atoms with van der Waals surface area (Å²) in [7, 11) is 0. The third kappa shape index (κ3) is 2.23. The number of rotatable bonds is 4. The van der Waals surface area contributed by atoms with Crippen LogP contribution in [0.2, 0.25) is 0 Å². The van der Waals surface area contributed by atoms with Gasteiger partial charge < -0.3 is 0 Å². The van der Waals surface area contributed by atoms with Crippen molar-refractivity contribution in [2.45, 2.75) is 33.1 Å². The highest BCUT2D eigenvalue weighted by molar-refractivity contribution is 6.09. The van der Waals surface area contributed by atoms with Crippen molar-refractivity contribution in [3.8, 4) is 0 Å². The van der Waals surface area contributed by atoms with Crippen molar-refractivity contribution in [3.63, 3.8) is 0 Å². The van der Waals surface area contributed by atoms with E-state index in [1.807, 2.05) is 19.1 Å². The van der Waals surface area contributed by atoms with Gasteiger partial charge >= 0.3 is 0 Å². The van der Waals surface area contributed by atoms with Crippen molar-refractivity contribution in [2.24, 2.45) is 0 Å². The van der Waals surface area contributed by atoms with E-state index >= 15 is 0 Å². The van der Waals surface area contributed by atoms with E-state index in [2.05, 4.69) is 31.2 Å². The zero-order valence-electron chi connectivity index (χ0n) is 10.5. The molecular formula is C16H18O. The van der Waals surface area contributed by atoms with Gasteiger partial charge in [0.2, 0.25) is 0 Å². The summed E-state index contributed by atoms with van der Waals surface area (Å²) in [5, 5.41) is 2.26. The minimum atomic E-state index is 0.255. The molecule has 0 spiro atoms. The highest BCUT2D eigenvalue weighted by Gasteiger charge is 2.12. The van der Waals surface area contributed by atoms with Gasteiger partial charge in [0.15, 0.2) is 5.78 Å². The maximum absolute atomic E-state index is 12.1. The second-order valence-corrected chi connectivity index (χ2v) is 4.35. The van der Waals surface area contributed by atoms with E-state index in [0.717, 1.165) is 29.2 Å². The van der Waals surface area contributed by atoms with E-state index in [-0.39, 0.29) is 5.78 Å². The molecule has 0 aliphatic heterocycles. The van der Waals surface area contributed by atoms with Crippen LogP contribution in [0, 0.1) is 0 Å². The second-order valence-electron chi connectivity index (χ2n) is 4.35.